The number of para-hydroxylation sites is 1. The number of hydrogen-bond acceptors (Lipinski definition) is 3. The van der Waals surface area contributed by atoms with Gasteiger partial charge < -0.3 is 4.57 Å². The highest BCUT2D eigenvalue weighted by Crippen LogP contribution is 2.15. The predicted molar refractivity (Wildman–Crippen MR) is 93.0 cm³/mol. The Hall–Kier alpha value is -2.43. The SMILES string of the molecule is CCCc1nc2c(c(=O)c3ccccc3n2C)c(=O)n1CCC. The van der Waals surface area contributed by atoms with E-state index in [0.29, 0.717) is 17.6 Å². The van der Waals surface area contributed by atoms with Crippen LogP contribution in [-0.4, -0.2) is 14.1 Å². The molecule has 0 spiro atoms. The molecule has 0 N–H and O–H groups in total. The van der Waals surface area contributed by atoms with E-state index in [1.165, 1.54) is 0 Å². The Morgan fingerprint density at radius 3 is 2.52 bits per heavy atom. The Morgan fingerprint density at radius 2 is 1.83 bits per heavy atom. The molecule has 5 heteroatoms. The minimum Gasteiger partial charge on any atom is -0.328 e. The number of pyridine rings is 1. The summed E-state index contributed by atoms with van der Waals surface area (Å²) >= 11 is 0. The van der Waals surface area contributed by atoms with Gasteiger partial charge in [0.15, 0.2) is 5.65 Å². The fourth-order valence-electron chi connectivity index (χ4n) is 3.10. The predicted octanol–water partition coefficient (Wildman–Crippen LogP) is 2.61. The smallest absolute Gasteiger partial charge is 0.266 e. The highest BCUT2D eigenvalue weighted by molar-refractivity contribution is 5.91. The van der Waals surface area contributed by atoms with Crippen LogP contribution in [0.25, 0.3) is 21.9 Å². The van der Waals surface area contributed by atoms with E-state index in [4.69, 9.17) is 0 Å². The Bertz CT molecular complexity index is 999. The molecule has 0 aliphatic carbocycles. The third kappa shape index (κ3) is 2.36. The molecule has 0 amide bonds. The van der Waals surface area contributed by atoms with Gasteiger partial charge in [0.05, 0.1) is 5.52 Å². The van der Waals surface area contributed by atoms with Gasteiger partial charge in [-0.3, -0.25) is 14.2 Å². The lowest BCUT2D eigenvalue weighted by Gasteiger charge is -2.15. The van der Waals surface area contributed by atoms with Crippen LogP contribution >= 0.6 is 0 Å². The van der Waals surface area contributed by atoms with E-state index in [1.54, 1.807) is 10.6 Å². The van der Waals surface area contributed by atoms with Crippen LogP contribution in [0.3, 0.4) is 0 Å². The van der Waals surface area contributed by atoms with Gasteiger partial charge in [-0.25, -0.2) is 4.98 Å². The molecule has 0 bridgehead atoms. The van der Waals surface area contributed by atoms with Crippen molar-refractivity contribution < 1.29 is 0 Å². The lowest BCUT2D eigenvalue weighted by atomic mass is 10.1. The minimum atomic E-state index is -0.223. The maximum atomic E-state index is 12.9. The summed E-state index contributed by atoms with van der Waals surface area (Å²) in [5.41, 5.74) is 0.841. The van der Waals surface area contributed by atoms with Gasteiger partial charge in [-0.1, -0.05) is 26.0 Å². The van der Waals surface area contributed by atoms with Gasteiger partial charge in [0.2, 0.25) is 5.43 Å². The largest absolute Gasteiger partial charge is 0.328 e. The zero-order chi connectivity index (χ0) is 16.6. The van der Waals surface area contributed by atoms with Crippen LogP contribution in [0.2, 0.25) is 0 Å². The first-order valence-electron chi connectivity index (χ1n) is 8.11. The number of fused-ring (bicyclic) bond motifs is 2. The van der Waals surface area contributed by atoms with Gasteiger partial charge in [0.1, 0.15) is 11.2 Å². The minimum absolute atomic E-state index is 0.194. The summed E-state index contributed by atoms with van der Waals surface area (Å²) in [5.74, 6) is 0.761. The van der Waals surface area contributed by atoms with Crippen LogP contribution in [0.5, 0.6) is 0 Å². The molecule has 23 heavy (non-hydrogen) atoms. The maximum Gasteiger partial charge on any atom is 0.266 e. The summed E-state index contributed by atoms with van der Waals surface area (Å²) in [6.45, 7) is 4.67. The van der Waals surface area contributed by atoms with Gasteiger partial charge in [0, 0.05) is 25.4 Å². The van der Waals surface area contributed by atoms with Crippen LogP contribution in [0.15, 0.2) is 33.9 Å². The third-order valence-corrected chi connectivity index (χ3v) is 4.20. The molecule has 0 atom stereocenters. The van der Waals surface area contributed by atoms with Crippen molar-refractivity contribution >= 4 is 21.9 Å². The molecule has 1 aromatic carbocycles. The van der Waals surface area contributed by atoms with Gasteiger partial charge in [-0.2, -0.15) is 0 Å². The molecule has 0 unspecified atom stereocenters. The highest BCUT2D eigenvalue weighted by Gasteiger charge is 2.17. The molecule has 3 aromatic rings. The van der Waals surface area contributed by atoms with Crippen LogP contribution in [-0.2, 0) is 20.0 Å². The van der Waals surface area contributed by atoms with Crippen molar-refractivity contribution in [1.82, 2.24) is 14.1 Å². The highest BCUT2D eigenvalue weighted by atomic mass is 16.1. The first-order chi connectivity index (χ1) is 11.1. The number of aryl methyl sites for hydroxylation is 2. The van der Waals surface area contributed by atoms with E-state index in [2.05, 4.69) is 11.9 Å². The number of rotatable bonds is 4. The van der Waals surface area contributed by atoms with Crippen LogP contribution in [0, 0.1) is 0 Å². The Kier molecular flexibility index (Phi) is 4.03. The fraction of sp³-hybridized carbons (Fsp3) is 0.389. The Morgan fingerprint density at radius 1 is 1.09 bits per heavy atom. The molecule has 0 aliphatic heterocycles. The first kappa shape index (κ1) is 15.5. The number of nitrogens with zero attached hydrogens (tertiary/aromatic N) is 3. The monoisotopic (exact) mass is 311 g/mol. The quantitative estimate of drug-likeness (QED) is 0.696. The van der Waals surface area contributed by atoms with Crippen molar-refractivity contribution in [1.29, 1.82) is 0 Å². The van der Waals surface area contributed by atoms with E-state index >= 15 is 0 Å². The number of hydrogen-bond donors (Lipinski definition) is 0. The van der Waals surface area contributed by atoms with Crippen molar-refractivity contribution in [3.63, 3.8) is 0 Å². The van der Waals surface area contributed by atoms with Crippen molar-refractivity contribution in [2.75, 3.05) is 0 Å². The summed E-state index contributed by atoms with van der Waals surface area (Å²) in [7, 11) is 1.86. The summed E-state index contributed by atoms with van der Waals surface area (Å²) in [6.07, 6.45) is 2.47. The number of benzene rings is 1. The topological polar surface area (TPSA) is 56.9 Å². The average Bonchev–Trinajstić information content (AvgIpc) is 2.56. The molecule has 2 heterocycles. The summed E-state index contributed by atoms with van der Waals surface area (Å²) in [5, 5.41) is 0.757. The lowest BCUT2D eigenvalue weighted by Crippen LogP contribution is -2.30. The van der Waals surface area contributed by atoms with Gasteiger partial charge in [0.25, 0.3) is 5.56 Å². The first-order valence-corrected chi connectivity index (χ1v) is 8.11. The van der Waals surface area contributed by atoms with E-state index in [1.807, 2.05) is 36.7 Å². The second-order valence-corrected chi connectivity index (χ2v) is 5.84. The Balaban J connectivity index is 2.54. The molecule has 5 nitrogen and oxygen atoms in total. The molecule has 120 valence electrons. The van der Waals surface area contributed by atoms with E-state index < -0.39 is 0 Å². The fourth-order valence-corrected chi connectivity index (χ4v) is 3.10. The average molecular weight is 311 g/mol. The van der Waals surface area contributed by atoms with E-state index in [0.717, 1.165) is 30.6 Å². The van der Waals surface area contributed by atoms with Crippen molar-refractivity contribution in [3.05, 3.63) is 50.7 Å². The van der Waals surface area contributed by atoms with Crippen molar-refractivity contribution in [3.8, 4) is 0 Å². The summed E-state index contributed by atoms with van der Waals surface area (Å²) < 4.78 is 3.52. The van der Waals surface area contributed by atoms with Gasteiger partial charge in [-0.15, -0.1) is 0 Å². The van der Waals surface area contributed by atoms with E-state index in [9.17, 15) is 9.59 Å². The third-order valence-electron chi connectivity index (χ3n) is 4.20. The molecular weight excluding hydrogens is 290 g/mol. The van der Waals surface area contributed by atoms with Gasteiger partial charge in [-0.05, 0) is 25.0 Å². The zero-order valence-electron chi connectivity index (χ0n) is 13.8. The number of aromatic nitrogens is 3. The van der Waals surface area contributed by atoms with Gasteiger partial charge >= 0.3 is 0 Å². The van der Waals surface area contributed by atoms with Crippen molar-refractivity contribution in [2.45, 2.75) is 39.7 Å². The lowest BCUT2D eigenvalue weighted by molar-refractivity contribution is 0.597. The maximum absolute atomic E-state index is 12.9. The van der Waals surface area contributed by atoms with Crippen molar-refractivity contribution in [2.24, 2.45) is 7.05 Å². The molecular formula is C18H21N3O2. The van der Waals surface area contributed by atoms with Crippen LogP contribution in [0.4, 0.5) is 0 Å². The molecule has 0 saturated heterocycles. The molecule has 0 fully saturated rings. The summed E-state index contributed by atoms with van der Waals surface area (Å²) in [6, 6.07) is 7.35. The zero-order valence-corrected chi connectivity index (χ0v) is 13.8. The second-order valence-electron chi connectivity index (χ2n) is 5.84. The Labute approximate surface area is 134 Å². The van der Waals surface area contributed by atoms with Crippen LogP contribution < -0.4 is 11.0 Å². The van der Waals surface area contributed by atoms with Crippen LogP contribution in [0.1, 0.15) is 32.5 Å². The van der Waals surface area contributed by atoms with E-state index in [-0.39, 0.29) is 16.4 Å². The normalized spacial score (nSPS) is 11.4. The second kappa shape index (κ2) is 5.99. The molecule has 0 saturated carbocycles. The molecule has 3 rings (SSSR count). The standard InChI is InChI=1S/C18H21N3O2/c1-4-8-14-19-17-15(18(23)21(14)11-5-2)16(22)12-9-6-7-10-13(12)20(17)3/h6-7,9-10H,4-5,8,11H2,1-3H3. The molecule has 2 aromatic heterocycles. The molecule has 0 aliphatic rings. The molecule has 0 radical (unpaired) electrons. The summed E-state index contributed by atoms with van der Waals surface area (Å²) in [4.78, 5) is 30.4.